The number of anilines is 1. The van der Waals surface area contributed by atoms with E-state index in [4.69, 9.17) is 9.15 Å². The van der Waals surface area contributed by atoms with Crippen LogP contribution in [-0.2, 0) is 0 Å². The number of carbonyl (C=O) groups excluding carboxylic acids is 2. The zero-order chi connectivity index (χ0) is 19.5. The molecule has 5 nitrogen and oxygen atoms in total. The lowest BCUT2D eigenvalue weighted by Crippen LogP contribution is -2.14. The van der Waals surface area contributed by atoms with Crippen LogP contribution in [0, 0.1) is 0 Å². The SMILES string of the molecule is COc1cccc(C(=O)c2oc3ccccc3c2NC(=O)c2ccccc2)c1. The highest BCUT2D eigenvalue weighted by Crippen LogP contribution is 2.33. The van der Waals surface area contributed by atoms with Gasteiger partial charge in [0.15, 0.2) is 5.76 Å². The summed E-state index contributed by atoms with van der Waals surface area (Å²) in [6, 6.07) is 22.8. The van der Waals surface area contributed by atoms with E-state index in [0.29, 0.717) is 33.5 Å². The molecule has 0 saturated carbocycles. The molecule has 0 aliphatic carbocycles. The molecule has 28 heavy (non-hydrogen) atoms. The smallest absolute Gasteiger partial charge is 0.255 e. The van der Waals surface area contributed by atoms with Crippen LogP contribution < -0.4 is 10.1 Å². The van der Waals surface area contributed by atoms with Crippen molar-refractivity contribution < 1.29 is 18.7 Å². The quantitative estimate of drug-likeness (QED) is 0.505. The number of hydrogen-bond acceptors (Lipinski definition) is 4. The van der Waals surface area contributed by atoms with Crippen LogP contribution in [0.2, 0.25) is 0 Å². The minimum absolute atomic E-state index is 0.0822. The first-order chi connectivity index (χ1) is 13.7. The topological polar surface area (TPSA) is 68.5 Å². The maximum atomic E-state index is 13.1. The van der Waals surface area contributed by atoms with E-state index in [2.05, 4.69) is 5.32 Å². The highest BCUT2D eigenvalue weighted by Gasteiger charge is 2.24. The molecule has 1 heterocycles. The zero-order valence-electron chi connectivity index (χ0n) is 15.1. The molecule has 0 radical (unpaired) electrons. The first-order valence-electron chi connectivity index (χ1n) is 8.74. The first-order valence-corrected chi connectivity index (χ1v) is 8.74. The zero-order valence-corrected chi connectivity index (χ0v) is 15.1. The van der Waals surface area contributed by atoms with Gasteiger partial charge in [0.2, 0.25) is 5.78 Å². The lowest BCUT2D eigenvalue weighted by atomic mass is 10.1. The third-order valence-corrected chi connectivity index (χ3v) is 4.41. The second-order valence-corrected chi connectivity index (χ2v) is 6.18. The molecule has 0 atom stereocenters. The van der Waals surface area contributed by atoms with E-state index < -0.39 is 0 Å². The Morgan fingerprint density at radius 3 is 2.36 bits per heavy atom. The normalized spacial score (nSPS) is 10.6. The molecule has 5 heteroatoms. The summed E-state index contributed by atoms with van der Waals surface area (Å²) in [5, 5.41) is 3.51. The Morgan fingerprint density at radius 2 is 1.57 bits per heavy atom. The molecule has 1 aromatic heterocycles. The highest BCUT2D eigenvalue weighted by atomic mass is 16.5. The molecule has 1 N–H and O–H groups in total. The average molecular weight is 371 g/mol. The monoisotopic (exact) mass is 371 g/mol. The van der Waals surface area contributed by atoms with Gasteiger partial charge in [-0.25, -0.2) is 0 Å². The Morgan fingerprint density at radius 1 is 0.857 bits per heavy atom. The lowest BCUT2D eigenvalue weighted by molar-refractivity contribution is 0.101. The van der Waals surface area contributed by atoms with Crippen molar-refractivity contribution in [2.75, 3.05) is 12.4 Å². The van der Waals surface area contributed by atoms with Crippen LogP contribution in [-0.4, -0.2) is 18.8 Å². The summed E-state index contributed by atoms with van der Waals surface area (Å²) >= 11 is 0. The van der Waals surface area contributed by atoms with Gasteiger partial charge < -0.3 is 14.5 Å². The second kappa shape index (κ2) is 7.40. The number of ether oxygens (including phenoxy) is 1. The van der Waals surface area contributed by atoms with Crippen LogP contribution in [0.1, 0.15) is 26.5 Å². The predicted octanol–water partition coefficient (Wildman–Crippen LogP) is 4.92. The van der Waals surface area contributed by atoms with Gasteiger partial charge >= 0.3 is 0 Å². The van der Waals surface area contributed by atoms with Crippen molar-refractivity contribution in [3.05, 3.63) is 95.7 Å². The molecule has 0 fully saturated rings. The molecule has 0 aliphatic rings. The molecule has 138 valence electrons. The number of amides is 1. The number of para-hydroxylation sites is 1. The Balaban J connectivity index is 1.79. The van der Waals surface area contributed by atoms with Crippen molar-refractivity contribution in [1.29, 1.82) is 0 Å². The van der Waals surface area contributed by atoms with Crippen LogP contribution in [0.5, 0.6) is 5.75 Å². The fourth-order valence-corrected chi connectivity index (χ4v) is 3.00. The highest BCUT2D eigenvalue weighted by molar-refractivity contribution is 6.18. The van der Waals surface area contributed by atoms with Gasteiger partial charge in [-0.1, -0.05) is 42.5 Å². The average Bonchev–Trinajstić information content (AvgIpc) is 3.12. The van der Waals surface area contributed by atoms with Gasteiger partial charge in [-0.15, -0.1) is 0 Å². The lowest BCUT2D eigenvalue weighted by Gasteiger charge is -2.07. The molecule has 0 aliphatic heterocycles. The third kappa shape index (κ3) is 3.25. The van der Waals surface area contributed by atoms with Gasteiger partial charge in [-0.05, 0) is 36.4 Å². The minimum atomic E-state index is -0.335. The van der Waals surface area contributed by atoms with Gasteiger partial charge in [-0.3, -0.25) is 9.59 Å². The van der Waals surface area contributed by atoms with Crippen molar-refractivity contribution in [1.82, 2.24) is 0 Å². The summed E-state index contributed by atoms with van der Waals surface area (Å²) < 4.78 is 11.0. The van der Waals surface area contributed by atoms with Crippen LogP contribution in [0.15, 0.2) is 83.3 Å². The molecular formula is C23H17NO4. The maximum absolute atomic E-state index is 13.1. The number of ketones is 1. The Bertz CT molecular complexity index is 1160. The number of benzene rings is 3. The van der Waals surface area contributed by atoms with Crippen molar-refractivity contribution in [2.45, 2.75) is 0 Å². The fourth-order valence-electron chi connectivity index (χ4n) is 3.00. The van der Waals surface area contributed by atoms with Gasteiger partial charge in [0.1, 0.15) is 11.3 Å². The standard InChI is InChI=1S/C23H17NO4/c1-27-17-11-7-10-16(14-17)21(25)22-20(18-12-5-6-13-19(18)28-22)24-23(26)15-8-3-2-4-9-15/h2-14H,1H3,(H,24,26). The molecule has 4 rings (SSSR count). The number of methoxy groups -OCH3 is 1. The van der Waals surface area contributed by atoms with E-state index in [0.717, 1.165) is 0 Å². The maximum Gasteiger partial charge on any atom is 0.255 e. The largest absolute Gasteiger partial charge is 0.497 e. The van der Waals surface area contributed by atoms with Gasteiger partial charge in [0.25, 0.3) is 5.91 Å². The number of carbonyl (C=O) groups is 2. The van der Waals surface area contributed by atoms with Crippen molar-refractivity contribution in [2.24, 2.45) is 0 Å². The van der Waals surface area contributed by atoms with E-state index in [1.807, 2.05) is 24.3 Å². The van der Waals surface area contributed by atoms with Crippen molar-refractivity contribution in [3.63, 3.8) is 0 Å². The summed E-state index contributed by atoms with van der Waals surface area (Å²) in [5.41, 5.74) is 1.79. The molecule has 0 unspecified atom stereocenters. The molecule has 0 saturated heterocycles. The fraction of sp³-hybridized carbons (Fsp3) is 0.0435. The van der Waals surface area contributed by atoms with Gasteiger partial charge in [0, 0.05) is 16.5 Å². The number of hydrogen-bond donors (Lipinski definition) is 1. The van der Waals surface area contributed by atoms with Crippen LogP contribution in [0.3, 0.4) is 0 Å². The Kier molecular flexibility index (Phi) is 4.64. The van der Waals surface area contributed by atoms with Crippen molar-refractivity contribution in [3.8, 4) is 5.75 Å². The number of nitrogens with one attached hydrogen (secondary N) is 1. The number of fused-ring (bicyclic) bond motifs is 1. The van der Waals surface area contributed by atoms with Gasteiger partial charge in [0.05, 0.1) is 12.8 Å². The molecule has 0 spiro atoms. The summed E-state index contributed by atoms with van der Waals surface area (Å²) in [5.74, 6) is 0.000809. The predicted molar refractivity (Wildman–Crippen MR) is 107 cm³/mol. The summed E-state index contributed by atoms with van der Waals surface area (Å²) in [7, 11) is 1.54. The van der Waals surface area contributed by atoms with E-state index in [1.54, 1.807) is 54.6 Å². The molecule has 4 aromatic rings. The first kappa shape index (κ1) is 17.5. The molecular weight excluding hydrogens is 354 g/mol. The Hall–Kier alpha value is -3.86. The van der Waals surface area contributed by atoms with Crippen LogP contribution in [0.4, 0.5) is 5.69 Å². The molecule has 0 bridgehead atoms. The van der Waals surface area contributed by atoms with E-state index in [1.165, 1.54) is 7.11 Å². The summed E-state index contributed by atoms with van der Waals surface area (Å²) in [4.78, 5) is 25.8. The Labute approximate surface area is 161 Å². The molecule has 3 aromatic carbocycles. The second-order valence-electron chi connectivity index (χ2n) is 6.18. The van der Waals surface area contributed by atoms with Crippen molar-refractivity contribution >= 4 is 28.3 Å². The number of rotatable bonds is 5. The van der Waals surface area contributed by atoms with E-state index in [-0.39, 0.29) is 17.5 Å². The molecule has 1 amide bonds. The van der Waals surface area contributed by atoms with E-state index in [9.17, 15) is 9.59 Å². The van der Waals surface area contributed by atoms with Gasteiger partial charge in [-0.2, -0.15) is 0 Å². The number of furan rings is 1. The summed E-state index contributed by atoms with van der Waals surface area (Å²) in [6.45, 7) is 0. The van der Waals surface area contributed by atoms with Crippen LogP contribution >= 0.6 is 0 Å². The summed E-state index contributed by atoms with van der Waals surface area (Å²) in [6.07, 6.45) is 0. The van der Waals surface area contributed by atoms with Crippen LogP contribution in [0.25, 0.3) is 11.0 Å². The van der Waals surface area contributed by atoms with E-state index >= 15 is 0 Å². The third-order valence-electron chi connectivity index (χ3n) is 4.41. The minimum Gasteiger partial charge on any atom is -0.497 e.